The lowest BCUT2D eigenvalue weighted by atomic mass is 10.0. The number of aromatic nitrogens is 2. The molecule has 0 aliphatic heterocycles. The molecule has 2 heterocycles. The molecular formula is C22H22F3N5O2. The van der Waals surface area contributed by atoms with Gasteiger partial charge in [0.2, 0.25) is 5.91 Å². The van der Waals surface area contributed by atoms with Gasteiger partial charge in [0, 0.05) is 25.4 Å². The molecule has 10 heteroatoms. The van der Waals surface area contributed by atoms with Crippen LogP contribution in [0.15, 0.2) is 54.9 Å². The van der Waals surface area contributed by atoms with Crippen LogP contribution in [0.2, 0.25) is 0 Å². The first-order valence-electron chi connectivity index (χ1n) is 9.72. The van der Waals surface area contributed by atoms with Crippen molar-refractivity contribution < 1.29 is 22.8 Å². The molecule has 1 atom stereocenters. The Balaban J connectivity index is 1.78. The monoisotopic (exact) mass is 445 g/mol. The summed E-state index contributed by atoms with van der Waals surface area (Å²) in [5.74, 6) is -0.748. The van der Waals surface area contributed by atoms with E-state index in [9.17, 15) is 22.8 Å². The minimum absolute atomic E-state index is 0.114. The molecule has 0 aliphatic rings. The Morgan fingerprint density at radius 3 is 2.56 bits per heavy atom. The van der Waals surface area contributed by atoms with Crippen LogP contribution in [0, 0.1) is 6.92 Å². The highest BCUT2D eigenvalue weighted by atomic mass is 19.4. The largest absolute Gasteiger partial charge is 0.416 e. The highest BCUT2D eigenvalue weighted by Crippen LogP contribution is 2.29. The van der Waals surface area contributed by atoms with Gasteiger partial charge in [-0.1, -0.05) is 24.3 Å². The van der Waals surface area contributed by atoms with E-state index in [4.69, 9.17) is 5.73 Å². The van der Waals surface area contributed by atoms with E-state index in [2.05, 4.69) is 20.6 Å². The lowest BCUT2D eigenvalue weighted by Crippen LogP contribution is -2.48. The highest BCUT2D eigenvalue weighted by molar-refractivity contribution is 5.97. The van der Waals surface area contributed by atoms with Crippen molar-refractivity contribution in [1.29, 1.82) is 0 Å². The van der Waals surface area contributed by atoms with Gasteiger partial charge in [-0.2, -0.15) is 13.2 Å². The molecule has 5 N–H and O–H groups in total. The standard InChI is InChI=1S/C22H22F3N5O2/c1-13-7-8-27-19(13)21(32)30-17(10-14-3-2-4-16(9-14)22(23,24)25)20(31)29-12-15-5-6-18(26)28-11-15/h2-9,11,17,27H,10,12H2,1H3,(H2,26,28)(H,29,31)(H,30,32)/t17-/m0/s1. The van der Waals surface area contributed by atoms with Gasteiger partial charge in [0.25, 0.3) is 5.91 Å². The van der Waals surface area contributed by atoms with Crippen molar-refractivity contribution in [2.24, 2.45) is 0 Å². The average Bonchev–Trinajstić information content (AvgIpc) is 3.18. The van der Waals surface area contributed by atoms with Gasteiger partial charge in [-0.15, -0.1) is 0 Å². The molecule has 0 fully saturated rings. The maximum Gasteiger partial charge on any atom is 0.416 e. The first-order chi connectivity index (χ1) is 15.1. The van der Waals surface area contributed by atoms with Gasteiger partial charge >= 0.3 is 6.18 Å². The van der Waals surface area contributed by atoms with E-state index in [0.29, 0.717) is 16.9 Å². The van der Waals surface area contributed by atoms with Crippen molar-refractivity contribution >= 4 is 17.6 Å². The molecule has 3 rings (SSSR count). The van der Waals surface area contributed by atoms with Crippen molar-refractivity contribution in [3.05, 3.63) is 82.8 Å². The molecule has 0 aliphatic carbocycles. The zero-order chi connectivity index (χ0) is 23.3. The lowest BCUT2D eigenvalue weighted by molar-refractivity contribution is -0.137. The van der Waals surface area contributed by atoms with Crippen LogP contribution in [0.3, 0.4) is 0 Å². The van der Waals surface area contributed by atoms with Crippen molar-refractivity contribution in [3.63, 3.8) is 0 Å². The van der Waals surface area contributed by atoms with Crippen LogP contribution in [0.5, 0.6) is 0 Å². The van der Waals surface area contributed by atoms with E-state index in [1.165, 1.54) is 18.3 Å². The van der Waals surface area contributed by atoms with Crippen molar-refractivity contribution in [2.45, 2.75) is 32.1 Å². The molecule has 0 spiro atoms. The second kappa shape index (κ2) is 9.54. The summed E-state index contributed by atoms with van der Waals surface area (Å²) in [6.07, 6.45) is -1.56. The van der Waals surface area contributed by atoms with Crippen molar-refractivity contribution in [1.82, 2.24) is 20.6 Å². The average molecular weight is 445 g/mol. The zero-order valence-electron chi connectivity index (χ0n) is 17.2. The van der Waals surface area contributed by atoms with Crippen LogP contribution in [-0.4, -0.2) is 27.8 Å². The molecule has 7 nitrogen and oxygen atoms in total. The molecule has 0 unspecified atom stereocenters. The zero-order valence-corrected chi connectivity index (χ0v) is 17.2. The van der Waals surface area contributed by atoms with Gasteiger partial charge < -0.3 is 21.4 Å². The number of hydrogen-bond donors (Lipinski definition) is 4. The number of amides is 2. The Bertz CT molecular complexity index is 1090. The number of rotatable bonds is 7. The number of nitrogens with one attached hydrogen (secondary N) is 3. The Labute approximate surface area is 182 Å². The molecule has 0 saturated carbocycles. The first-order valence-corrected chi connectivity index (χ1v) is 9.72. The van der Waals surface area contributed by atoms with Gasteiger partial charge in [-0.3, -0.25) is 9.59 Å². The van der Waals surface area contributed by atoms with Crippen LogP contribution in [0.1, 0.15) is 32.7 Å². The number of alkyl halides is 3. The number of nitrogen functional groups attached to an aromatic ring is 1. The van der Waals surface area contributed by atoms with E-state index in [-0.39, 0.29) is 24.2 Å². The molecule has 2 aromatic heterocycles. The minimum atomic E-state index is -4.51. The fraction of sp³-hybridized carbons (Fsp3) is 0.227. The van der Waals surface area contributed by atoms with E-state index in [1.807, 2.05) is 0 Å². The predicted octanol–water partition coefficient (Wildman–Crippen LogP) is 2.98. The SMILES string of the molecule is Cc1cc[nH]c1C(=O)N[C@@H](Cc1cccc(C(F)(F)F)c1)C(=O)NCc1ccc(N)nc1. The number of hydrogen-bond acceptors (Lipinski definition) is 4. The third kappa shape index (κ3) is 5.87. The predicted molar refractivity (Wildman–Crippen MR) is 112 cm³/mol. The Kier molecular flexibility index (Phi) is 6.82. The molecular weight excluding hydrogens is 423 g/mol. The molecule has 32 heavy (non-hydrogen) atoms. The summed E-state index contributed by atoms with van der Waals surface area (Å²) in [6.45, 7) is 1.84. The number of aromatic amines is 1. The summed E-state index contributed by atoms with van der Waals surface area (Å²) in [4.78, 5) is 32.2. The molecule has 0 saturated heterocycles. The summed E-state index contributed by atoms with van der Waals surface area (Å²) >= 11 is 0. The number of H-pyrrole nitrogens is 1. The summed E-state index contributed by atoms with van der Waals surface area (Å²) < 4.78 is 39.2. The second-order valence-electron chi connectivity index (χ2n) is 7.27. The molecule has 3 aromatic rings. The first kappa shape index (κ1) is 22.9. The van der Waals surface area contributed by atoms with Crippen LogP contribution < -0.4 is 16.4 Å². The Hall–Kier alpha value is -3.82. The van der Waals surface area contributed by atoms with Gasteiger partial charge in [-0.05, 0) is 41.8 Å². The number of carbonyl (C=O) groups excluding carboxylic acids is 2. The third-order valence-corrected chi connectivity index (χ3v) is 4.81. The molecule has 1 aromatic carbocycles. The van der Waals surface area contributed by atoms with E-state index >= 15 is 0 Å². The number of halogens is 3. The Morgan fingerprint density at radius 2 is 1.94 bits per heavy atom. The number of nitrogens with zero attached hydrogens (tertiary/aromatic N) is 1. The number of carbonyl (C=O) groups is 2. The quantitative estimate of drug-likeness (QED) is 0.448. The minimum Gasteiger partial charge on any atom is -0.384 e. The molecule has 0 radical (unpaired) electrons. The maximum atomic E-state index is 13.1. The van der Waals surface area contributed by atoms with Crippen LogP contribution in [0.25, 0.3) is 0 Å². The topological polar surface area (TPSA) is 113 Å². The third-order valence-electron chi connectivity index (χ3n) is 4.81. The normalized spacial score (nSPS) is 12.2. The van der Waals surface area contributed by atoms with Gasteiger partial charge in [0.1, 0.15) is 17.6 Å². The van der Waals surface area contributed by atoms with Crippen LogP contribution in [-0.2, 0) is 23.9 Å². The Morgan fingerprint density at radius 1 is 1.16 bits per heavy atom. The van der Waals surface area contributed by atoms with Gasteiger partial charge in [0.05, 0.1) is 5.56 Å². The fourth-order valence-electron chi connectivity index (χ4n) is 3.09. The van der Waals surface area contributed by atoms with Crippen LogP contribution >= 0.6 is 0 Å². The van der Waals surface area contributed by atoms with Gasteiger partial charge in [-0.25, -0.2) is 4.98 Å². The molecule has 2 amide bonds. The second-order valence-corrected chi connectivity index (χ2v) is 7.27. The summed E-state index contributed by atoms with van der Waals surface area (Å²) in [7, 11) is 0. The van der Waals surface area contributed by atoms with Crippen molar-refractivity contribution in [2.75, 3.05) is 5.73 Å². The number of benzene rings is 1. The van der Waals surface area contributed by atoms with Crippen LogP contribution in [0.4, 0.5) is 19.0 Å². The number of anilines is 1. The number of nitrogens with two attached hydrogens (primary N) is 1. The summed E-state index contributed by atoms with van der Waals surface area (Å²) in [5, 5.41) is 5.29. The summed E-state index contributed by atoms with van der Waals surface area (Å²) in [6, 6.07) is 8.53. The summed E-state index contributed by atoms with van der Waals surface area (Å²) in [5.41, 5.74) is 6.61. The van der Waals surface area contributed by atoms with E-state index in [0.717, 1.165) is 12.1 Å². The fourth-order valence-corrected chi connectivity index (χ4v) is 3.09. The maximum absolute atomic E-state index is 13.1. The number of aryl methyl sites for hydroxylation is 1. The smallest absolute Gasteiger partial charge is 0.384 e. The van der Waals surface area contributed by atoms with Crippen molar-refractivity contribution in [3.8, 4) is 0 Å². The van der Waals surface area contributed by atoms with E-state index < -0.39 is 29.6 Å². The number of pyridine rings is 1. The highest BCUT2D eigenvalue weighted by Gasteiger charge is 2.31. The van der Waals surface area contributed by atoms with E-state index in [1.54, 1.807) is 31.3 Å². The van der Waals surface area contributed by atoms with Gasteiger partial charge in [0.15, 0.2) is 0 Å². The lowest BCUT2D eigenvalue weighted by Gasteiger charge is -2.19. The molecule has 0 bridgehead atoms. The molecule has 168 valence electrons.